The zero-order chi connectivity index (χ0) is 11.6. The summed E-state index contributed by atoms with van der Waals surface area (Å²) < 4.78 is 5.14. The van der Waals surface area contributed by atoms with Gasteiger partial charge in [-0.1, -0.05) is 12.8 Å². The van der Waals surface area contributed by atoms with Gasteiger partial charge in [-0.3, -0.25) is 4.79 Å². The van der Waals surface area contributed by atoms with Crippen molar-refractivity contribution in [3.8, 4) is 0 Å². The Morgan fingerprint density at radius 2 is 2.19 bits per heavy atom. The van der Waals surface area contributed by atoms with E-state index < -0.39 is 5.54 Å². The molecule has 0 spiro atoms. The summed E-state index contributed by atoms with van der Waals surface area (Å²) in [4.78, 5) is 14.2. The van der Waals surface area contributed by atoms with Crippen molar-refractivity contribution in [2.75, 3.05) is 26.8 Å². The van der Waals surface area contributed by atoms with E-state index in [-0.39, 0.29) is 5.91 Å². The van der Waals surface area contributed by atoms with Crippen molar-refractivity contribution in [2.24, 2.45) is 11.7 Å². The molecule has 0 bridgehead atoms. The van der Waals surface area contributed by atoms with E-state index in [0.717, 1.165) is 51.8 Å². The lowest BCUT2D eigenvalue weighted by Gasteiger charge is -2.28. The molecule has 0 aromatic carbocycles. The van der Waals surface area contributed by atoms with Crippen molar-refractivity contribution < 1.29 is 9.53 Å². The number of likely N-dealkylation sites (tertiary alicyclic amines) is 1. The molecule has 2 aliphatic rings. The third kappa shape index (κ3) is 2.23. The van der Waals surface area contributed by atoms with Crippen molar-refractivity contribution in [3.63, 3.8) is 0 Å². The number of ether oxygens (including phenoxy) is 1. The molecule has 1 saturated heterocycles. The Morgan fingerprint density at radius 3 is 2.81 bits per heavy atom. The lowest BCUT2D eigenvalue weighted by Crippen LogP contribution is -2.53. The molecule has 1 unspecified atom stereocenters. The second-order valence-electron chi connectivity index (χ2n) is 5.22. The van der Waals surface area contributed by atoms with Gasteiger partial charge in [-0.05, 0) is 19.3 Å². The minimum Gasteiger partial charge on any atom is -0.384 e. The predicted octanol–water partition coefficient (Wildman–Crippen LogP) is 0.753. The largest absolute Gasteiger partial charge is 0.384 e. The van der Waals surface area contributed by atoms with Crippen molar-refractivity contribution in [1.29, 1.82) is 0 Å². The summed E-state index contributed by atoms with van der Waals surface area (Å²) in [6, 6.07) is 0. The van der Waals surface area contributed by atoms with Crippen LogP contribution in [-0.4, -0.2) is 43.2 Å². The summed E-state index contributed by atoms with van der Waals surface area (Å²) >= 11 is 0. The van der Waals surface area contributed by atoms with Crippen molar-refractivity contribution in [2.45, 2.75) is 37.6 Å². The molecular formula is C12H22N2O2. The van der Waals surface area contributed by atoms with Crippen LogP contribution in [0.1, 0.15) is 32.1 Å². The summed E-state index contributed by atoms with van der Waals surface area (Å²) in [5, 5.41) is 0. The van der Waals surface area contributed by atoms with E-state index in [0.29, 0.717) is 5.92 Å². The van der Waals surface area contributed by atoms with Crippen LogP contribution in [-0.2, 0) is 9.53 Å². The molecule has 1 saturated carbocycles. The third-order valence-corrected chi connectivity index (χ3v) is 3.90. The van der Waals surface area contributed by atoms with Gasteiger partial charge in [0.2, 0.25) is 5.91 Å². The molecule has 0 aromatic heterocycles. The van der Waals surface area contributed by atoms with Crippen LogP contribution >= 0.6 is 0 Å². The van der Waals surface area contributed by atoms with Crippen LogP contribution in [0.2, 0.25) is 0 Å². The molecule has 2 N–H and O–H groups in total. The van der Waals surface area contributed by atoms with E-state index in [2.05, 4.69) is 0 Å². The van der Waals surface area contributed by atoms with Gasteiger partial charge >= 0.3 is 0 Å². The average Bonchev–Trinajstić information content (AvgIpc) is 2.88. The first-order valence-corrected chi connectivity index (χ1v) is 6.23. The second-order valence-corrected chi connectivity index (χ2v) is 5.22. The predicted molar refractivity (Wildman–Crippen MR) is 61.9 cm³/mol. The summed E-state index contributed by atoms with van der Waals surface area (Å²) in [5.74, 6) is 0.669. The normalized spacial score (nSPS) is 28.6. The summed E-state index contributed by atoms with van der Waals surface area (Å²) in [5.41, 5.74) is 5.63. The monoisotopic (exact) mass is 226 g/mol. The van der Waals surface area contributed by atoms with Gasteiger partial charge < -0.3 is 15.4 Å². The molecule has 4 nitrogen and oxygen atoms in total. The molecule has 4 heteroatoms. The average molecular weight is 226 g/mol. The van der Waals surface area contributed by atoms with E-state index in [1.807, 2.05) is 4.90 Å². The number of carbonyl (C=O) groups excluding carboxylic acids is 1. The first kappa shape index (κ1) is 11.9. The molecule has 1 aliphatic carbocycles. The smallest absolute Gasteiger partial charge is 0.242 e. The van der Waals surface area contributed by atoms with E-state index in [1.54, 1.807) is 7.11 Å². The number of hydrogen-bond acceptors (Lipinski definition) is 3. The van der Waals surface area contributed by atoms with Crippen LogP contribution in [0.5, 0.6) is 0 Å². The van der Waals surface area contributed by atoms with Crippen molar-refractivity contribution >= 4 is 5.91 Å². The Labute approximate surface area is 97.1 Å². The van der Waals surface area contributed by atoms with Gasteiger partial charge in [0.05, 0.1) is 12.1 Å². The third-order valence-electron chi connectivity index (χ3n) is 3.90. The molecule has 2 fully saturated rings. The maximum atomic E-state index is 12.3. The number of methoxy groups -OCH3 is 1. The highest BCUT2D eigenvalue weighted by Gasteiger charge is 2.41. The molecule has 16 heavy (non-hydrogen) atoms. The molecular weight excluding hydrogens is 204 g/mol. The van der Waals surface area contributed by atoms with E-state index in [4.69, 9.17) is 10.5 Å². The molecule has 1 amide bonds. The van der Waals surface area contributed by atoms with Gasteiger partial charge in [0.1, 0.15) is 0 Å². The lowest BCUT2D eigenvalue weighted by molar-refractivity contribution is -0.135. The fraction of sp³-hybridized carbons (Fsp3) is 0.917. The van der Waals surface area contributed by atoms with Crippen molar-refractivity contribution in [1.82, 2.24) is 4.90 Å². The highest BCUT2D eigenvalue weighted by Crippen LogP contribution is 2.30. The molecule has 0 radical (unpaired) electrons. The summed E-state index contributed by atoms with van der Waals surface area (Å²) in [6.45, 7) is 2.43. The number of nitrogens with two attached hydrogens (primary N) is 1. The Kier molecular flexibility index (Phi) is 3.50. The first-order chi connectivity index (χ1) is 7.65. The Balaban J connectivity index is 1.91. The van der Waals surface area contributed by atoms with E-state index in [9.17, 15) is 4.79 Å². The Morgan fingerprint density at radius 1 is 1.50 bits per heavy atom. The second kappa shape index (κ2) is 4.72. The van der Waals surface area contributed by atoms with Gasteiger partial charge in [-0.2, -0.15) is 0 Å². The highest BCUT2D eigenvalue weighted by atomic mass is 16.5. The van der Waals surface area contributed by atoms with Gasteiger partial charge in [-0.15, -0.1) is 0 Å². The number of nitrogens with zero attached hydrogens (tertiary/aromatic N) is 1. The number of amides is 1. The fourth-order valence-corrected chi connectivity index (χ4v) is 2.92. The van der Waals surface area contributed by atoms with E-state index >= 15 is 0 Å². The summed E-state index contributed by atoms with van der Waals surface area (Å²) in [6.07, 6.45) is 4.96. The maximum Gasteiger partial charge on any atom is 0.242 e. The highest BCUT2D eigenvalue weighted by molar-refractivity contribution is 5.86. The topological polar surface area (TPSA) is 55.6 Å². The molecule has 92 valence electrons. The molecule has 1 heterocycles. The SMILES string of the molecule is COCC1CCN(C(=O)C2(N)CCCC2)C1. The minimum atomic E-state index is -0.554. The molecule has 1 aliphatic heterocycles. The van der Waals surface area contributed by atoms with E-state index in [1.165, 1.54) is 0 Å². The van der Waals surface area contributed by atoms with Gasteiger partial charge in [-0.25, -0.2) is 0 Å². The maximum absolute atomic E-state index is 12.3. The van der Waals surface area contributed by atoms with Gasteiger partial charge in [0.15, 0.2) is 0 Å². The molecule has 2 rings (SSSR count). The van der Waals surface area contributed by atoms with Crippen molar-refractivity contribution in [3.05, 3.63) is 0 Å². The van der Waals surface area contributed by atoms with Gasteiger partial charge in [0.25, 0.3) is 0 Å². The standard InChI is InChI=1S/C12H22N2O2/c1-16-9-10-4-7-14(8-10)11(15)12(13)5-2-3-6-12/h10H,2-9,13H2,1H3. The first-order valence-electron chi connectivity index (χ1n) is 6.23. The Hall–Kier alpha value is -0.610. The molecule has 1 atom stereocenters. The number of rotatable bonds is 3. The van der Waals surface area contributed by atoms with Crippen LogP contribution in [0.15, 0.2) is 0 Å². The minimum absolute atomic E-state index is 0.170. The van der Waals surface area contributed by atoms with Gasteiger partial charge in [0, 0.05) is 26.1 Å². The lowest BCUT2D eigenvalue weighted by atomic mass is 9.97. The van der Waals surface area contributed by atoms with Crippen LogP contribution in [0.4, 0.5) is 0 Å². The quantitative estimate of drug-likeness (QED) is 0.772. The van der Waals surface area contributed by atoms with Crippen LogP contribution in [0, 0.1) is 5.92 Å². The zero-order valence-electron chi connectivity index (χ0n) is 10.1. The number of hydrogen-bond donors (Lipinski definition) is 1. The Bertz CT molecular complexity index is 262. The van der Waals surface area contributed by atoms with Crippen LogP contribution in [0.25, 0.3) is 0 Å². The molecule has 0 aromatic rings. The zero-order valence-corrected chi connectivity index (χ0v) is 10.1. The number of carbonyl (C=O) groups is 1. The van der Waals surface area contributed by atoms with Crippen LogP contribution < -0.4 is 5.73 Å². The van der Waals surface area contributed by atoms with Crippen LogP contribution in [0.3, 0.4) is 0 Å². The fourth-order valence-electron chi connectivity index (χ4n) is 2.92. The summed E-state index contributed by atoms with van der Waals surface area (Å²) in [7, 11) is 1.71.